The molecule has 0 aliphatic heterocycles. The van der Waals surface area contributed by atoms with E-state index in [2.05, 4.69) is 25.8 Å². The van der Waals surface area contributed by atoms with Crippen molar-refractivity contribution in [3.8, 4) is 0 Å². The number of hydrogen-bond acceptors (Lipinski definition) is 5. The van der Waals surface area contributed by atoms with Crippen molar-refractivity contribution in [2.24, 2.45) is 15.3 Å². The summed E-state index contributed by atoms with van der Waals surface area (Å²) in [5.74, 6) is 0.385. The van der Waals surface area contributed by atoms with Gasteiger partial charge in [-0.3, -0.25) is 4.79 Å². The van der Waals surface area contributed by atoms with Gasteiger partial charge >= 0.3 is 0 Å². The number of rotatable bonds is 3. The maximum atomic E-state index is 12.3. The zero-order valence-corrected chi connectivity index (χ0v) is 13.3. The maximum Gasteiger partial charge on any atom is 0.281 e. The third-order valence-electron chi connectivity index (χ3n) is 3.33. The van der Waals surface area contributed by atoms with E-state index in [1.54, 1.807) is 25.1 Å². The quantitative estimate of drug-likeness (QED) is 0.347. The van der Waals surface area contributed by atoms with Gasteiger partial charge in [-0.05, 0) is 38.1 Å². The summed E-state index contributed by atoms with van der Waals surface area (Å²) in [5.41, 5.74) is 4.93. The van der Waals surface area contributed by atoms with E-state index in [-0.39, 0.29) is 5.56 Å². The van der Waals surface area contributed by atoms with Crippen LogP contribution in [0.5, 0.6) is 0 Å². The van der Waals surface area contributed by atoms with Crippen LogP contribution in [0.15, 0.2) is 75.0 Å². The zero-order chi connectivity index (χ0) is 16.9. The van der Waals surface area contributed by atoms with Crippen LogP contribution in [0.3, 0.4) is 0 Å². The molecule has 0 radical (unpaired) electrons. The van der Waals surface area contributed by atoms with Gasteiger partial charge in [0.1, 0.15) is 6.33 Å². The minimum Gasteiger partial charge on any atom is -0.267 e. The van der Waals surface area contributed by atoms with Crippen molar-refractivity contribution in [1.82, 2.24) is 9.66 Å². The lowest BCUT2D eigenvalue weighted by Gasteiger charge is -2.04. The molecule has 0 bridgehead atoms. The number of nitrogens with one attached hydrogen (secondary N) is 1. The largest absolute Gasteiger partial charge is 0.281 e. The van der Waals surface area contributed by atoms with Crippen LogP contribution in [0, 0.1) is 6.92 Å². The number of hydrazone groups is 1. The average molecular weight is 320 g/mol. The Labute approximate surface area is 138 Å². The Morgan fingerprint density at radius 3 is 2.67 bits per heavy atom. The Morgan fingerprint density at radius 1 is 1.12 bits per heavy atom. The molecule has 0 atom stereocenters. The first-order valence-electron chi connectivity index (χ1n) is 7.38. The van der Waals surface area contributed by atoms with Gasteiger partial charge in [0.05, 0.1) is 16.6 Å². The van der Waals surface area contributed by atoms with E-state index >= 15 is 0 Å². The van der Waals surface area contributed by atoms with Crippen LogP contribution in [0.25, 0.3) is 10.9 Å². The van der Waals surface area contributed by atoms with Crippen LogP contribution >= 0.6 is 0 Å². The Kier molecular flexibility index (Phi) is 4.42. The first-order valence-corrected chi connectivity index (χ1v) is 7.38. The smallest absolute Gasteiger partial charge is 0.267 e. The monoisotopic (exact) mass is 320 g/mol. The van der Waals surface area contributed by atoms with E-state index in [0.717, 1.165) is 11.3 Å². The highest BCUT2D eigenvalue weighted by atomic mass is 16.1. The minimum atomic E-state index is -0.229. The number of benzene rings is 2. The molecular formula is C17H16N6O. The van der Waals surface area contributed by atoms with Gasteiger partial charge in [0.15, 0.2) is 5.84 Å². The lowest BCUT2D eigenvalue weighted by atomic mass is 10.2. The molecule has 0 fully saturated rings. The van der Waals surface area contributed by atoms with Gasteiger partial charge in [-0.2, -0.15) is 4.68 Å². The molecule has 7 nitrogen and oxygen atoms in total. The molecule has 2 aromatic carbocycles. The number of para-hydroxylation sites is 1. The number of fused-ring (bicyclic) bond motifs is 1. The molecule has 1 aromatic heterocycles. The summed E-state index contributed by atoms with van der Waals surface area (Å²) in [5, 5.41) is 12.6. The number of azo groups is 1. The topological polar surface area (TPSA) is 84.0 Å². The fraction of sp³-hybridized carbons (Fsp3) is 0.118. The first kappa shape index (κ1) is 15.5. The molecule has 7 heteroatoms. The summed E-state index contributed by atoms with van der Waals surface area (Å²) in [4.78, 5) is 16.5. The summed E-state index contributed by atoms with van der Waals surface area (Å²) in [7, 11) is 0. The van der Waals surface area contributed by atoms with Crippen molar-refractivity contribution in [2.45, 2.75) is 13.8 Å². The lowest BCUT2D eigenvalue weighted by molar-refractivity contribution is 0.819. The van der Waals surface area contributed by atoms with Gasteiger partial charge in [-0.1, -0.05) is 29.8 Å². The second-order valence-corrected chi connectivity index (χ2v) is 5.23. The van der Waals surface area contributed by atoms with Crippen molar-refractivity contribution in [1.29, 1.82) is 0 Å². The first-order chi connectivity index (χ1) is 11.6. The molecule has 0 saturated heterocycles. The van der Waals surface area contributed by atoms with Gasteiger partial charge in [-0.15, -0.1) is 15.3 Å². The number of hydrogen-bond donors (Lipinski definition) is 1. The second-order valence-electron chi connectivity index (χ2n) is 5.23. The maximum absolute atomic E-state index is 12.3. The third kappa shape index (κ3) is 3.52. The highest BCUT2D eigenvalue weighted by Crippen LogP contribution is 2.12. The van der Waals surface area contributed by atoms with E-state index in [1.807, 2.05) is 37.3 Å². The predicted molar refractivity (Wildman–Crippen MR) is 94.2 cm³/mol. The molecule has 3 rings (SSSR count). The van der Waals surface area contributed by atoms with Gasteiger partial charge in [0.25, 0.3) is 5.56 Å². The van der Waals surface area contributed by atoms with Crippen LogP contribution in [-0.2, 0) is 0 Å². The SMILES string of the molecule is C/C(N=Nc1ccc(C)cc1)=N\Nn1cnc2ccccc2c1=O. The molecule has 0 aliphatic rings. The fourth-order valence-electron chi connectivity index (χ4n) is 2.03. The molecule has 120 valence electrons. The predicted octanol–water partition coefficient (Wildman–Crippen LogP) is 3.37. The third-order valence-corrected chi connectivity index (χ3v) is 3.33. The van der Waals surface area contributed by atoms with E-state index in [1.165, 1.54) is 11.0 Å². The molecular weight excluding hydrogens is 304 g/mol. The van der Waals surface area contributed by atoms with E-state index < -0.39 is 0 Å². The Balaban J connectivity index is 1.76. The molecule has 0 amide bonds. The summed E-state index contributed by atoms with van der Waals surface area (Å²) in [6.45, 7) is 3.69. The summed E-state index contributed by atoms with van der Waals surface area (Å²) >= 11 is 0. The molecule has 1 heterocycles. The minimum absolute atomic E-state index is 0.229. The summed E-state index contributed by atoms with van der Waals surface area (Å²) < 4.78 is 1.20. The molecule has 24 heavy (non-hydrogen) atoms. The highest BCUT2D eigenvalue weighted by molar-refractivity contribution is 5.80. The van der Waals surface area contributed by atoms with Crippen molar-refractivity contribution in [2.75, 3.05) is 5.53 Å². The lowest BCUT2D eigenvalue weighted by Crippen LogP contribution is -2.26. The second kappa shape index (κ2) is 6.82. The molecule has 1 N–H and O–H groups in total. The normalized spacial score (nSPS) is 12.0. The van der Waals surface area contributed by atoms with Crippen LogP contribution in [0.4, 0.5) is 5.69 Å². The number of aryl methyl sites for hydroxylation is 1. The highest BCUT2D eigenvalue weighted by Gasteiger charge is 2.02. The van der Waals surface area contributed by atoms with Crippen molar-refractivity contribution >= 4 is 22.4 Å². The van der Waals surface area contributed by atoms with E-state index in [4.69, 9.17) is 0 Å². The number of aromatic nitrogens is 2. The molecule has 3 aromatic rings. The Bertz CT molecular complexity index is 972. The van der Waals surface area contributed by atoms with Crippen molar-refractivity contribution < 1.29 is 0 Å². The van der Waals surface area contributed by atoms with E-state index in [9.17, 15) is 4.79 Å². The molecule has 0 spiro atoms. The summed E-state index contributed by atoms with van der Waals surface area (Å²) in [6.07, 6.45) is 1.39. The zero-order valence-electron chi connectivity index (χ0n) is 13.3. The average Bonchev–Trinajstić information content (AvgIpc) is 2.61. The molecule has 0 unspecified atom stereocenters. The number of nitrogens with zero attached hydrogens (tertiary/aromatic N) is 5. The van der Waals surface area contributed by atoms with E-state index in [0.29, 0.717) is 16.7 Å². The van der Waals surface area contributed by atoms with Gasteiger partial charge in [0, 0.05) is 0 Å². The number of amidine groups is 1. The van der Waals surface area contributed by atoms with Crippen LogP contribution in [-0.4, -0.2) is 15.5 Å². The fourth-order valence-corrected chi connectivity index (χ4v) is 2.03. The standard InChI is InChI=1S/C17H16N6O/c1-12-7-9-14(10-8-12)21-19-13(2)20-22-23-11-18-16-6-4-3-5-15(16)17(23)24/h3-11,22H,1-2H3/b20-13+,21-19?. The summed E-state index contributed by atoms with van der Waals surface area (Å²) in [6, 6.07) is 14.8. The van der Waals surface area contributed by atoms with Gasteiger partial charge < -0.3 is 0 Å². The Hall–Kier alpha value is -3.35. The molecule has 0 aliphatic carbocycles. The Morgan fingerprint density at radius 2 is 1.88 bits per heavy atom. The van der Waals surface area contributed by atoms with Crippen molar-refractivity contribution in [3.05, 3.63) is 70.8 Å². The van der Waals surface area contributed by atoms with Crippen LogP contribution in [0.1, 0.15) is 12.5 Å². The van der Waals surface area contributed by atoms with Crippen LogP contribution < -0.4 is 11.1 Å². The van der Waals surface area contributed by atoms with Gasteiger partial charge in [-0.25, -0.2) is 10.5 Å². The van der Waals surface area contributed by atoms with Crippen LogP contribution in [0.2, 0.25) is 0 Å². The van der Waals surface area contributed by atoms with Crippen molar-refractivity contribution in [3.63, 3.8) is 0 Å². The molecule has 0 saturated carbocycles. The van der Waals surface area contributed by atoms with Gasteiger partial charge in [0.2, 0.25) is 0 Å².